The molecule has 2 aromatic rings. The summed E-state index contributed by atoms with van der Waals surface area (Å²) in [4.78, 5) is 9.23. The summed E-state index contributed by atoms with van der Waals surface area (Å²) >= 11 is 0. The van der Waals surface area contributed by atoms with Crippen LogP contribution in [-0.4, -0.2) is 22.4 Å². The van der Waals surface area contributed by atoms with Crippen LogP contribution in [0.3, 0.4) is 0 Å². The van der Waals surface area contributed by atoms with Crippen LogP contribution in [0.1, 0.15) is 12.7 Å². The average molecular weight is 203 g/mol. The first kappa shape index (κ1) is 9.71. The molecule has 0 N–H and O–H groups in total. The van der Waals surface area contributed by atoms with E-state index in [0.29, 0.717) is 0 Å². The normalized spacial score (nSPS) is 12.1. The maximum Gasteiger partial charge on any atom is 0.158 e. The van der Waals surface area contributed by atoms with Crippen molar-refractivity contribution in [3.05, 3.63) is 30.1 Å². The number of rotatable bonds is 2. The average Bonchev–Trinajstić information content (AvgIpc) is 2.57. The lowest BCUT2D eigenvalue weighted by molar-refractivity contribution is 0.213. The van der Waals surface area contributed by atoms with E-state index in [1.54, 1.807) is 0 Å². The molecule has 0 spiro atoms. The largest absolute Gasteiger partial charge is 0.399 e. The van der Waals surface area contributed by atoms with Gasteiger partial charge in [0.05, 0.1) is 11.0 Å². The minimum atomic E-state index is 0.774. The standard InChI is InChI=1S/C11H13N3O/c1-8(13-15-3)11-12-9-6-4-5-7-10(9)14(11)2/h4-7H,1-3H3/b13-8+. The number of aromatic nitrogens is 2. The second-order valence-corrected chi connectivity index (χ2v) is 3.34. The van der Waals surface area contributed by atoms with Crippen LogP contribution in [0.2, 0.25) is 0 Å². The number of oxime groups is 1. The van der Waals surface area contributed by atoms with Crippen molar-refractivity contribution >= 4 is 16.7 Å². The molecule has 0 fully saturated rings. The molecule has 1 aromatic carbocycles. The molecule has 0 aliphatic heterocycles. The molecule has 0 aliphatic rings. The minimum Gasteiger partial charge on any atom is -0.399 e. The maximum absolute atomic E-state index is 4.74. The van der Waals surface area contributed by atoms with Gasteiger partial charge in [0.25, 0.3) is 0 Å². The first-order chi connectivity index (χ1) is 7.24. The Morgan fingerprint density at radius 1 is 1.40 bits per heavy atom. The summed E-state index contributed by atoms with van der Waals surface area (Å²) in [5.74, 6) is 0.832. The topological polar surface area (TPSA) is 39.4 Å². The molecule has 4 nitrogen and oxygen atoms in total. The summed E-state index contributed by atoms with van der Waals surface area (Å²) < 4.78 is 2.01. The molecule has 1 heterocycles. The van der Waals surface area contributed by atoms with Crippen molar-refractivity contribution in [1.29, 1.82) is 0 Å². The summed E-state index contributed by atoms with van der Waals surface area (Å²) in [6.45, 7) is 1.88. The van der Waals surface area contributed by atoms with Gasteiger partial charge in [-0.1, -0.05) is 17.3 Å². The SMILES string of the molecule is CO/N=C(\C)c1nc2ccccc2n1C. The smallest absolute Gasteiger partial charge is 0.158 e. The molecule has 0 unspecified atom stereocenters. The Hall–Kier alpha value is -1.84. The molecule has 2 rings (SSSR count). The number of hydrogen-bond donors (Lipinski definition) is 0. The van der Waals surface area contributed by atoms with E-state index >= 15 is 0 Å². The molecule has 0 saturated heterocycles. The van der Waals surface area contributed by atoms with E-state index in [1.807, 2.05) is 42.8 Å². The molecule has 0 atom stereocenters. The van der Waals surface area contributed by atoms with Gasteiger partial charge in [-0.15, -0.1) is 0 Å². The Kier molecular flexibility index (Phi) is 2.41. The predicted octanol–water partition coefficient (Wildman–Crippen LogP) is 1.94. The highest BCUT2D eigenvalue weighted by molar-refractivity contribution is 5.98. The fourth-order valence-electron chi connectivity index (χ4n) is 1.65. The lowest BCUT2D eigenvalue weighted by Gasteiger charge is -2.00. The second-order valence-electron chi connectivity index (χ2n) is 3.34. The van der Waals surface area contributed by atoms with Crippen LogP contribution < -0.4 is 0 Å². The highest BCUT2D eigenvalue weighted by atomic mass is 16.6. The molecule has 4 heteroatoms. The Morgan fingerprint density at radius 2 is 2.13 bits per heavy atom. The Bertz CT molecular complexity index is 514. The van der Waals surface area contributed by atoms with E-state index in [1.165, 1.54) is 7.11 Å². The van der Waals surface area contributed by atoms with Crippen molar-refractivity contribution in [2.45, 2.75) is 6.92 Å². The van der Waals surface area contributed by atoms with E-state index in [0.717, 1.165) is 22.6 Å². The van der Waals surface area contributed by atoms with Gasteiger partial charge >= 0.3 is 0 Å². The number of para-hydroxylation sites is 2. The zero-order chi connectivity index (χ0) is 10.8. The van der Waals surface area contributed by atoms with Crippen LogP contribution in [0.15, 0.2) is 29.4 Å². The zero-order valence-corrected chi connectivity index (χ0v) is 9.06. The fourth-order valence-corrected chi connectivity index (χ4v) is 1.65. The van der Waals surface area contributed by atoms with Gasteiger partial charge in [0.1, 0.15) is 12.8 Å². The number of benzene rings is 1. The molecule has 0 saturated carbocycles. The molecule has 78 valence electrons. The zero-order valence-electron chi connectivity index (χ0n) is 9.06. The van der Waals surface area contributed by atoms with Gasteiger partial charge in [-0.2, -0.15) is 0 Å². The van der Waals surface area contributed by atoms with E-state index in [2.05, 4.69) is 10.1 Å². The van der Waals surface area contributed by atoms with Crippen LogP contribution in [-0.2, 0) is 11.9 Å². The lowest BCUT2D eigenvalue weighted by Crippen LogP contribution is -2.04. The van der Waals surface area contributed by atoms with Crippen molar-refractivity contribution in [2.24, 2.45) is 12.2 Å². The van der Waals surface area contributed by atoms with E-state index in [9.17, 15) is 0 Å². The number of nitrogens with zero attached hydrogens (tertiary/aromatic N) is 3. The minimum absolute atomic E-state index is 0.774. The van der Waals surface area contributed by atoms with Gasteiger partial charge < -0.3 is 9.40 Å². The van der Waals surface area contributed by atoms with E-state index in [4.69, 9.17) is 4.84 Å². The van der Waals surface area contributed by atoms with Gasteiger partial charge in [0.15, 0.2) is 5.82 Å². The molecule has 0 amide bonds. The summed E-state index contributed by atoms with van der Waals surface area (Å²) in [6, 6.07) is 7.99. The van der Waals surface area contributed by atoms with Crippen LogP contribution in [0.4, 0.5) is 0 Å². The molecule has 1 aromatic heterocycles. The Morgan fingerprint density at radius 3 is 2.80 bits per heavy atom. The number of fused-ring (bicyclic) bond motifs is 1. The monoisotopic (exact) mass is 203 g/mol. The quantitative estimate of drug-likeness (QED) is 0.552. The first-order valence-electron chi connectivity index (χ1n) is 4.73. The first-order valence-corrected chi connectivity index (χ1v) is 4.73. The van der Waals surface area contributed by atoms with Crippen molar-refractivity contribution in [2.75, 3.05) is 7.11 Å². The van der Waals surface area contributed by atoms with E-state index < -0.39 is 0 Å². The van der Waals surface area contributed by atoms with Crippen LogP contribution in [0.5, 0.6) is 0 Å². The summed E-state index contributed by atoms with van der Waals surface area (Å²) in [6.07, 6.45) is 0. The maximum atomic E-state index is 4.74. The van der Waals surface area contributed by atoms with Gasteiger partial charge in [-0.3, -0.25) is 0 Å². The van der Waals surface area contributed by atoms with E-state index in [-0.39, 0.29) is 0 Å². The highest BCUT2D eigenvalue weighted by Gasteiger charge is 2.09. The third kappa shape index (κ3) is 1.58. The number of imidazole rings is 1. The molecule has 0 aliphatic carbocycles. The highest BCUT2D eigenvalue weighted by Crippen LogP contribution is 2.14. The van der Waals surface area contributed by atoms with Crippen molar-refractivity contribution in [3.8, 4) is 0 Å². The predicted molar refractivity (Wildman–Crippen MR) is 59.9 cm³/mol. The molecule has 0 radical (unpaired) electrons. The molecular formula is C11H13N3O. The molecular weight excluding hydrogens is 190 g/mol. The van der Waals surface area contributed by atoms with Gasteiger partial charge in [-0.25, -0.2) is 4.98 Å². The molecule has 15 heavy (non-hydrogen) atoms. The Balaban J connectivity index is 2.63. The van der Waals surface area contributed by atoms with Crippen molar-refractivity contribution in [1.82, 2.24) is 9.55 Å². The van der Waals surface area contributed by atoms with Crippen LogP contribution in [0.25, 0.3) is 11.0 Å². The second kappa shape index (κ2) is 3.73. The Labute approximate surface area is 88.2 Å². The summed E-state index contributed by atoms with van der Waals surface area (Å²) in [7, 11) is 3.51. The number of aryl methyl sites for hydroxylation is 1. The fraction of sp³-hybridized carbons (Fsp3) is 0.273. The van der Waals surface area contributed by atoms with Gasteiger partial charge in [0, 0.05) is 7.05 Å². The van der Waals surface area contributed by atoms with Crippen molar-refractivity contribution < 1.29 is 4.84 Å². The third-order valence-electron chi connectivity index (χ3n) is 2.34. The lowest BCUT2D eigenvalue weighted by atomic mass is 10.3. The van der Waals surface area contributed by atoms with Crippen LogP contribution in [0, 0.1) is 0 Å². The van der Waals surface area contributed by atoms with Gasteiger partial charge in [-0.05, 0) is 19.1 Å². The summed E-state index contributed by atoms with van der Waals surface area (Å²) in [5.41, 5.74) is 2.84. The van der Waals surface area contributed by atoms with Crippen LogP contribution >= 0.6 is 0 Å². The summed E-state index contributed by atoms with van der Waals surface area (Å²) in [5, 5.41) is 3.88. The third-order valence-corrected chi connectivity index (χ3v) is 2.34. The van der Waals surface area contributed by atoms with Crippen molar-refractivity contribution in [3.63, 3.8) is 0 Å². The number of hydrogen-bond acceptors (Lipinski definition) is 3. The molecule has 0 bridgehead atoms. The van der Waals surface area contributed by atoms with Gasteiger partial charge in [0.2, 0.25) is 0 Å².